The van der Waals surface area contributed by atoms with Gasteiger partial charge >= 0.3 is 0 Å². The molecule has 1 atom stereocenters. The molecule has 0 saturated heterocycles. The molecule has 0 N–H and O–H groups in total. The van der Waals surface area contributed by atoms with E-state index in [1.54, 1.807) is 22.7 Å². The molecule has 0 aliphatic carbocycles. The molecule has 0 unspecified atom stereocenters. The van der Waals surface area contributed by atoms with Gasteiger partial charge in [0.15, 0.2) is 0 Å². The highest BCUT2D eigenvalue weighted by Gasteiger charge is 2.10. The Labute approximate surface area is 138 Å². The number of nitrogens with zero attached hydrogens (tertiary/aromatic N) is 1. The molecule has 21 heavy (non-hydrogen) atoms. The van der Waals surface area contributed by atoms with E-state index in [9.17, 15) is 4.21 Å². The standard InChI is InChI=1S/C15H12ClNOS3/c16-14-4-2-1-3-12(14)9-21(18)10-13-8-20-15(17-13)11-5-6-19-7-11/h1-8H,9-10H2/t21-/m0/s1. The van der Waals surface area contributed by atoms with Crippen LogP contribution in [0.2, 0.25) is 5.02 Å². The average molecular weight is 354 g/mol. The van der Waals surface area contributed by atoms with E-state index in [1.165, 1.54) is 0 Å². The van der Waals surface area contributed by atoms with E-state index in [1.807, 2.05) is 41.1 Å². The summed E-state index contributed by atoms with van der Waals surface area (Å²) < 4.78 is 12.2. The normalized spacial score (nSPS) is 12.4. The Balaban J connectivity index is 1.67. The van der Waals surface area contributed by atoms with Crippen molar-refractivity contribution in [3.63, 3.8) is 0 Å². The molecule has 0 bridgehead atoms. The number of thiophene rings is 1. The fourth-order valence-electron chi connectivity index (χ4n) is 1.90. The van der Waals surface area contributed by atoms with Gasteiger partial charge < -0.3 is 0 Å². The van der Waals surface area contributed by atoms with Gasteiger partial charge in [0, 0.05) is 32.1 Å². The number of hydrogen-bond donors (Lipinski definition) is 0. The summed E-state index contributed by atoms with van der Waals surface area (Å²) in [5.41, 5.74) is 2.94. The second-order valence-corrected chi connectivity index (χ2v) is 7.98. The summed E-state index contributed by atoms with van der Waals surface area (Å²) in [6.07, 6.45) is 0. The third-order valence-corrected chi connectivity index (χ3v) is 6.15. The molecule has 6 heteroatoms. The zero-order valence-electron chi connectivity index (χ0n) is 11.0. The minimum Gasteiger partial charge on any atom is -0.259 e. The monoisotopic (exact) mass is 353 g/mol. The van der Waals surface area contributed by atoms with Crippen LogP contribution < -0.4 is 0 Å². The Kier molecular flexibility index (Phi) is 4.85. The van der Waals surface area contributed by atoms with Gasteiger partial charge in [0.25, 0.3) is 0 Å². The minimum absolute atomic E-state index is 0.463. The summed E-state index contributed by atoms with van der Waals surface area (Å²) in [4.78, 5) is 4.56. The Morgan fingerprint density at radius 3 is 2.76 bits per heavy atom. The predicted molar refractivity (Wildman–Crippen MR) is 92.4 cm³/mol. The van der Waals surface area contributed by atoms with Crippen molar-refractivity contribution in [1.29, 1.82) is 0 Å². The lowest BCUT2D eigenvalue weighted by molar-refractivity contribution is 0.681. The van der Waals surface area contributed by atoms with Crippen LogP contribution in [0, 0.1) is 0 Å². The van der Waals surface area contributed by atoms with Crippen LogP contribution in [0.4, 0.5) is 0 Å². The Bertz CT molecular complexity index is 752. The highest BCUT2D eigenvalue weighted by molar-refractivity contribution is 7.83. The zero-order chi connectivity index (χ0) is 14.7. The van der Waals surface area contributed by atoms with Crippen molar-refractivity contribution in [3.05, 3.63) is 62.8 Å². The number of rotatable bonds is 5. The van der Waals surface area contributed by atoms with Gasteiger partial charge in [-0.3, -0.25) is 4.21 Å². The van der Waals surface area contributed by atoms with Gasteiger partial charge in [-0.1, -0.05) is 29.8 Å². The van der Waals surface area contributed by atoms with Crippen molar-refractivity contribution in [3.8, 4) is 10.6 Å². The van der Waals surface area contributed by atoms with Gasteiger partial charge in [0.2, 0.25) is 0 Å². The van der Waals surface area contributed by atoms with Gasteiger partial charge in [-0.25, -0.2) is 4.98 Å². The smallest absolute Gasteiger partial charge is 0.124 e. The first-order chi connectivity index (χ1) is 10.2. The van der Waals surface area contributed by atoms with Crippen LogP contribution in [0.25, 0.3) is 10.6 Å². The van der Waals surface area contributed by atoms with E-state index in [2.05, 4.69) is 10.4 Å². The van der Waals surface area contributed by atoms with E-state index in [0.717, 1.165) is 21.8 Å². The second kappa shape index (κ2) is 6.83. The minimum atomic E-state index is -1.00. The number of benzene rings is 1. The summed E-state index contributed by atoms with van der Waals surface area (Å²) in [5.74, 6) is 0.927. The van der Waals surface area contributed by atoms with Crippen molar-refractivity contribution < 1.29 is 4.21 Å². The number of aromatic nitrogens is 1. The first-order valence-electron chi connectivity index (χ1n) is 6.28. The van der Waals surface area contributed by atoms with E-state index in [0.29, 0.717) is 16.5 Å². The van der Waals surface area contributed by atoms with Crippen LogP contribution >= 0.6 is 34.3 Å². The molecule has 3 rings (SSSR count). The van der Waals surface area contributed by atoms with Crippen LogP contribution in [-0.4, -0.2) is 9.19 Å². The van der Waals surface area contributed by atoms with Crippen LogP contribution in [0.5, 0.6) is 0 Å². The van der Waals surface area contributed by atoms with Crippen molar-refractivity contribution >= 4 is 45.1 Å². The van der Waals surface area contributed by atoms with Crippen molar-refractivity contribution in [2.75, 3.05) is 0 Å². The lowest BCUT2D eigenvalue weighted by Crippen LogP contribution is -2.00. The largest absolute Gasteiger partial charge is 0.259 e. The molecule has 0 aliphatic rings. The van der Waals surface area contributed by atoms with Crippen molar-refractivity contribution in [2.45, 2.75) is 11.5 Å². The summed E-state index contributed by atoms with van der Waals surface area (Å²) in [5, 5.41) is 7.75. The Morgan fingerprint density at radius 1 is 1.14 bits per heavy atom. The number of hydrogen-bond acceptors (Lipinski definition) is 4. The molecule has 1 aromatic carbocycles. The molecular formula is C15H12ClNOS3. The fraction of sp³-hybridized carbons (Fsp3) is 0.133. The molecular weight excluding hydrogens is 342 g/mol. The molecule has 0 aliphatic heterocycles. The summed E-state index contributed by atoms with van der Waals surface area (Å²) in [6.45, 7) is 0. The quantitative estimate of drug-likeness (QED) is 0.647. The maximum Gasteiger partial charge on any atom is 0.124 e. The Morgan fingerprint density at radius 2 is 2.00 bits per heavy atom. The molecule has 0 amide bonds. The summed E-state index contributed by atoms with van der Waals surface area (Å²) in [6, 6.07) is 9.58. The van der Waals surface area contributed by atoms with Gasteiger partial charge in [0.1, 0.15) is 5.01 Å². The SMILES string of the molecule is O=[S@](Cc1csc(-c2ccsc2)n1)Cc1ccccc1Cl. The van der Waals surface area contributed by atoms with E-state index in [4.69, 9.17) is 11.6 Å². The molecule has 0 saturated carbocycles. The maximum atomic E-state index is 12.2. The summed E-state index contributed by atoms with van der Waals surface area (Å²) in [7, 11) is -1.00. The number of thiazole rings is 1. The molecule has 2 nitrogen and oxygen atoms in total. The third kappa shape index (κ3) is 3.80. The van der Waals surface area contributed by atoms with Crippen LogP contribution in [0.1, 0.15) is 11.3 Å². The molecule has 2 aromatic heterocycles. The first-order valence-corrected chi connectivity index (χ1v) is 9.96. The lowest BCUT2D eigenvalue weighted by atomic mass is 10.2. The van der Waals surface area contributed by atoms with E-state index < -0.39 is 10.8 Å². The van der Waals surface area contributed by atoms with Crippen molar-refractivity contribution in [1.82, 2.24) is 4.98 Å². The maximum absolute atomic E-state index is 12.2. The summed E-state index contributed by atoms with van der Waals surface area (Å²) >= 11 is 9.34. The highest BCUT2D eigenvalue weighted by atomic mass is 35.5. The zero-order valence-corrected chi connectivity index (χ0v) is 14.2. The van der Waals surface area contributed by atoms with Crippen molar-refractivity contribution in [2.24, 2.45) is 0 Å². The lowest BCUT2D eigenvalue weighted by Gasteiger charge is -2.03. The topological polar surface area (TPSA) is 30.0 Å². The van der Waals surface area contributed by atoms with Gasteiger partial charge in [-0.2, -0.15) is 11.3 Å². The molecule has 2 heterocycles. The molecule has 0 radical (unpaired) electrons. The predicted octanol–water partition coefficient (Wildman–Crippen LogP) is 4.97. The third-order valence-electron chi connectivity index (χ3n) is 2.90. The molecule has 0 spiro atoms. The fourth-order valence-corrected chi connectivity index (χ4v) is 4.99. The van der Waals surface area contributed by atoms with Gasteiger partial charge in [-0.05, 0) is 23.1 Å². The molecule has 0 fully saturated rings. The highest BCUT2D eigenvalue weighted by Crippen LogP contribution is 2.26. The molecule has 108 valence electrons. The Hall–Kier alpha value is -1.01. The van der Waals surface area contributed by atoms with Crippen LogP contribution in [-0.2, 0) is 22.3 Å². The second-order valence-electron chi connectivity index (χ2n) is 4.48. The van der Waals surface area contributed by atoms with Crippen LogP contribution in [0.15, 0.2) is 46.5 Å². The van der Waals surface area contributed by atoms with Gasteiger partial charge in [-0.15, -0.1) is 11.3 Å². The van der Waals surface area contributed by atoms with Crippen LogP contribution in [0.3, 0.4) is 0 Å². The molecule has 3 aromatic rings. The van der Waals surface area contributed by atoms with E-state index in [-0.39, 0.29) is 0 Å². The first kappa shape index (κ1) is 14.9. The van der Waals surface area contributed by atoms with Gasteiger partial charge in [0.05, 0.1) is 17.2 Å². The number of halogens is 1. The average Bonchev–Trinajstić information content (AvgIpc) is 3.12. The van der Waals surface area contributed by atoms with E-state index >= 15 is 0 Å².